The van der Waals surface area contributed by atoms with Crippen molar-refractivity contribution in [1.82, 2.24) is 15.3 Å². The van der Waals surface area contributed by atoms with Crippen molar-refractivity contribution in [2.45, 2.75) is 0 Å². The molecule has 6 nitrogen and oxygen atoms in total. The van der Waals surface area contributed by atoms with E-state index in [9.17, 15) is 9.59 Å². The molecule has 2 heterocycles. The molecule has 6 heteroatoms. The lowest BCUT2D eigenvalue weighted by atomic mass is 10.1. The smallest absolute Gasteiger partial charge is 0.265 e. The molecule has 0 aliphatic carbocycles. The van der Waals surface area contributed by atoms with Gasteiger partial charge in [-0.3, -0.25) is 4.79 Å². The number of fused-ring (bicyclic) bond motifs is 1. The average molecular weight is 202 g/mol. The maximum Gasteiger partial charge on any atom is 0.265 e. The second-order valence-corrected chi connectivity index (χ2v) is 2.85. The highest BCUT2D eigenvalue weighted by Crippen LogP contribution is 2.20. The Morgan fingerprint density at radius 1 is 1.53 bits per heavy atom. The Morgan fingerprint density at radius 3 is 3.00 bits per heavy atom. The van der Waals surface area contributed by atoms with E-state index in [2.05, 4.69) is 15.3 Å². The van der Waals surface area contributed by atoms with Gasteiger partial charge in [-0.2, -0.15) is 0 Å². The van der Waals surface area contributed by atoms with E-state index in [0.29, 0.717) is 11.3 Å². The van der Waals surface area contributed by atoms with Gasteiger partial charge < -0.3 is 11.1 Å². The average Bonchev–Trinajstić information content (AvgIpc) is 2.27. The molecule has 1 aliphatic rings. The summed E-state index contributed by atoms with van der Waals surface area (Å²) in [4.78, 5) is 29.2. The Hall–Kier alpha value is -2.46. The molecule has 0 saturated carbocycles. The van der Waals surface area contributed by atoms with E-state index in [0.717, 1.165) is 0 Å². The molecule has 0 fully saturated rings. The molecule has 1 amide bonds. The van der Waals surface area contributed by atoms with Gasteiger partial charge in [0.1, 0.15) is 17.7 Å². The van der Waals surface area contributed by atoms with Gasteiger partial charge in [-0.25, -0.2) is 14.8 Å². The van der Waals surface area contributed by atoms with Crippen molar-refractivity contribution in [1.29, 1.82) is 0 Å². The third kappa shape index (κ3) is 1.49. The van der Waals surface area contributed by atoms with Crippen molar-refractivity contribution in [2.24, 2.45) is 5.73 Å². The van der Waals surface area contributed by atoms with Crippen LogP contribution in [0.5, 0.6) is 0 Å². The van der Waals surface area contributed by atoms with E-state index in [4.69, 9.17) is 5.73 Å². The van der Waals surface area contributed by atoms with Crippen LogP contribution in [0.3, 0.4) is 0 Å². The topological polar surface area (TPSA) is 98.0 Å². The molecule has 2 rings (SSSR count). The van der Waals surface area contributed by atoms with E-state index in [1.807, 2.05) is 0 Å². The Labute approximate surface area is 84.5 Å². The fourth-order valence-electron chi connectivity index (χ4n) is 1.25. The zero-order valence-corrected chi connectivity index (χ0v) is 7.52. The zero-order valence-electron chi connectivity index (χ0n) is 7.52. The monoisotopic (exact) mass is 202 g/mol. The highest BCUT2D eigenvalue weighted by Gasteiger charge is 2.19. The molecular weight excluding hydrogens is 196 g/mol. The number of carbonyl (C=O) groups excluding carboxylic acids is 2. The summed E-state index contributed by atoms with van der Waals surface area (Å²) in [5, 5.41) is 2.55. The van der Waals surface area contributed by atoms with E-state index in [-0.39, 0.29) is 11.4 Å². The maximum atomic E-state index is 10.9. The minimum atomic E-state index is -0.655. The molecule has 0 unspecified atom stereocenters. The first-order valence-corrected chi connectivity index (χ1v) is 4.06. The minimum Gasteiger partial charge on any atom is -0.364 e. The number of carbonyl (C=O) groups is 1. The molecule has 3 N–H and O–H groups in total. The van der Waals surface area contributed by atoms with Gasteiger partial charge in [0.15, 0.2) is 11.6 Å². The molecule has 0 radical (unpaired) electrons. The Kier molecular flexibility index (Phi) is 2.04. The Balaban J connectivity index is 2.63. The van der Waals surface area contributed by atoms with Gasteiger partial charge in [0.25, 0.3) is 5.91 Å². The molecule has 1 aromatic rings. The zero-order chi connectivity index (χ0) is 10.8. The van der Waals surface area contributed by atoms with Crippen molar-refractivity contribution in [3.05, 3.63) is 29.5 Å². The van der Waals surface area contributed by atoms with Crippen LogP contribution >= 0.6 is 0 Å². The fourth-order valence-corrected chi connectivity index (χ4v) is 1.25. The van der Waals surface area contributed by atoms with E-state index in [1.54, 1.807) is 5.94 Å². The van der Waals surface area contributed by atoms with E-state index < -0.39 is 5.91 Å². The quantitative estimate of drug-likeness (QED) is 0.574. The number of hydrogen-bond acceptors (Lipinski definition) is 5. The number of nitrogens with zero attached hydrogens (tertiary/aromatic N) is 2. The first-order chi connectivity index (χ1) is 7.22. The highest BCUT2D eigenvalue weighted by atomic mass is 16.1. The van der Waals surface area contributed by atoms with Crippen molar-refractivity contribution in [3.8, 4) is 0 Å². The number of aromatic nitrogens is 2. The summed E-state index contributed by atoms with van der Waals surface area (Å²) in [5.74, 6) is 1.01. The molecule has 74 valence electrons. The van der Waals surface area contributed by atoms with Crippen molar-refractivity contribution >= 4 is 23.6 Å². The summed E-state index contributed by atoms with van der Waals surface area (Å²) >= 11 is 0. The molecule has 1 aromatic heterocycles. The number of rotatable bonds is 1. The number of nitrogens with one attached hydrogen (secondary N) is 1. The maximum absolute atomic E-state index is 10.9. The van der Waals surface area contributed by atoms with Crippen LogP contribution in [-0.2, 0) is 9.59 Å². The molecule has 15 heavy (non-hydrogen) atoms. The van der Waals surface area contributed by atoms with Crippen molar-refractivity contribution in [3.63, 3.8) is 0 Å². The number of primary amides is 1. The van der Waals surface area contributed by atoms with Gasteiger partial charge in [0.2, 0.25) is 0 Å². The van der Waals surface area contributed by atoms with Crippen LogP contribution in [0.2, 0.25) is 0 Å². The van der Waals surface area contributed by atoms with Gasteiger partial charge in [-0.1, -0.05) is 0 Å². The van der Waals surface area contributed by atoms with E-state index in [1.165, 1.54) is 18.6 Å². The highest BCUT2D eigenvalue weighted by molar-refractivity contribution is 6.03. The summed E-state index contributed by atoms with van der Waals surface area (Å²) in [6.45, 7) is 0. The van der Waals surface area contributed by atoms with Gasteiger partial charge in [0, 0.05) is 11.8 Å². The predicted octanol–water partition coefficient (Wildman–Crippen LogP) is -0.921. The molecule has 0 saturated heterocycles. The summed E-state index contributed by atoms with van der Waals surface area (Å²) in [6, 6.07) is 0. The van der Waals surface area contributed by atoms with Gasteiger partial charge in [-0.05, 0) is 6.08 Å². The van der Waals surface area contributed by atoms with Gasteiger partial charge in [-0.15, -0.1) is 0 Å². The largest absolute Gasteiger partial charge is 0.364 e. The Bertz CT molecular complexity index is 515. The SMILES string of the molecule is NC(=O)C1=Cc2cncnc2C(=C=O)N1. The summed E-state index contributed by atoms with van der Waals surface area (Å²) in [5.41, 5.74) is 6.26. The van der Waals surface area contributed by atoms with Crippen LogP contribution < -0.4 is 11.1 Å². The summed E-state index contributed by atoms with van der Waals surface area (Å²) in [7, 11) is 0. The molecule has 1 aliphatic heterocycles. The number of nitrogens with two attached hydrogens (primary N) is 1. The third-order valence-corrected chi connectivity index (χ3v) is 1.90. The standard InChI is InChI=1S/C9H6N4O2/c10-9(15)6-1-5-2-11-4-12-8(5)7(3-14)13-6/h1-2,4,13H,(H2,10,15). The minimum absolute atomic E-state index is 0.0868. The molecule has 0 spiro atoms. The van der Waals surface area contributed by atoms with Crippen molar-refractivity contribution < 1.29 is 9.59 Å². The lowest BCUT2D eigenvalue weighted by molar-refractivity contribution is -0.114. The molecule has 0 aromatic carbocycles. The summed E-state index contributed by atoms with van der Waals surface area (Å²) in [6.07, 6.45) is 4.28. The first-order valence-electron chi connectivity index (χ1n) is 4.06. The van der Waals surface area contributed by atoms with Crippen LogP contribution in [0.15, 0.2) is 18.2 Å². The van der Waals surface area contributed by atoms with Crippen LogP contribution in [0, 0.1) is 0 Å². The van der Waals surface area contributed by atoms with Gasteiger partial charge >= 0.3 is 0 Å². The Morgan fingerprint density at radius 2 is 2.33 bits per heavy atom. The normalized spacial score (nSPS) is 13.3. The second-order valence-electron chi connectivity index (χ2n) is 2.85. The number of amides is 1. The lowest BCUT2D eigenvalue weighted by Crippen LogP contribution is -2.28. The van der Waals surface area contributed by atoms with Crippen LogP contribution in [-0.4, -0.2) is 21.8 Å². The number of hydrogen-bond donors (Lipinski definition) is 2. The fraction of sp³-hybridized carbons (Fsp3) is 0. The molecule has 0 bridgehead atoms. The summed E-state index contributed by atoms with van der Waals surface area (Å²) < 4.78 is 0. The van der Waals surface area contributed by atoms with Crippen LogP contribution in [0.25, 0.3) is 11.8 Å². The van der Waals surface area contributed by atoms with Gasteiger partial charge in [0.05, 0.1) is 0 Å². The molecule has 0 atom stereocenters. The van der Waals surface area contributed by atoms with Crippen LogP contribution in [0.4, 0.5) is 0 Å². The van der Waals surface area contributed by atoms with Crippen molar-refractivity contribution in [2.75, 3.05) is 0 Å². The first kappa shape index (κ1) is 9.11. The van der Waals surface area contributed by atoms with E-state index >= 15 is 0 Å². The van der Waals surface area contributed by atoms with Crippen LogP contribution in [0.1, 0.15) is 11.3 Å². The lowest BCUT2D eigenvalue weighted by Gasteiger charge is -2.15. The molecular formula is C9H6N4O2. The second kappa shape index (κ2) is 3.36. The third-order valence-electron chi connectivity index (χ3n) is 1.90. The predicted molar refractivity (Wildman–Crippen MR) is 51.4 cm³/mol.